The fourth-order valence-corrected chi connectivity index (χ4v) is 5.49. The first kappa shape index (κ1) is 20.3. The molecule has 9 heteroatoms. The van der Waals surface area contributed by atoms with E-state index in [-0.39, 0.29) is 55.0 Å². The van der Waals surface area contributed by atoms with E-state index in [1.165, 1.54) is 16.2 Å². The molecule has 30 heavy (non-hydrogen) atoms. The highest BCUT2D eigenvalue weighted by Gasteiger charge is 2.37. The van der Waals surface area contributed by atoms with E-state index in [4.69, 9.17) is 4.42 Å². The first-order chi connectivity index (χ1) is 14.4. The predicted molar refractivity (Wildman–Crippen MR) is 110 cm³/mol. The molecule has 3 heterocycles. The molecular formula is C21H23N3O5S. The van der Waals surface area contributed by atoms with Crippen molar-refractivity contribution in [2.45, 2.75) is 38.4 Å². The van der Waals surface area contributed by atoms with Gasteiger partial charge in [0.1, 0.15) is 11.5 Å². The zero-order valence-electron chi connectivity index (χ0n) is 16.4. The maximum absolute atomic E-state index is 13.3. The zero-order chi connectivity index (χ0) is 21.1. The number of rotatable bonds is 6. The second kappa shape index (κ2) is 8.43. The van der Waals surface area contributed by atoms with Gasteiger partial charge in [0.25, 0.3) is 5.91 Å². The Labute approximate surface area is 175 Å². The number of hydrogen-bond acceptors (Lipinski definition) is 6. The van der Waals surface area contributed by atoms with E-state index >= 15 is 0 Å². The lowest BCUT2D eigenvalue weighted by Gasteiger charge is -2.30. The Kier molecular flexibility index (Phi) is 5.72. The van der Waals surface area contributed by atoms with Crippen LogP contribution in [0.25, 0.3) is 0 Å². The number of nitrogens with zero attached hydrogens (tertiary/aromatic N) is 3. The molecule has 0 spiro atoms. The van der Waals surface area contributed by atoms with E-state index in [1.54, 1.807) is 12.1 Å². The van der Waals surface area contributed by atoms with Crippen molar-refractivity contribution in [1.29, 1.82) is 0 Å². The van der Waals surface area contributed by atoms with Crippen LogP contribution in [0.1, 0.15) is 30.6 Å². The van der Waals surface area contributed by atoms with Gasteiger partial charge in [-0.25, -0.2) is 13.4 Å². The second-order valence-corrected chi connectivity index (χ2v) is 9.78. The third-order valence-electron chi connectivity index (χ3n) is 5.34. The molecule has 158 valence electrons. The first-order valence-electron chi connectivity index (χ1n) is 9.87. The quantitative estimate of drug-likeness (QED) is 0.699. The van der Waals surface area contributed by atoms with Gasteiger partial charge in [0.05, 0.1) is 30.9 Å². The van der Waals surface area contributed by atoms with Crippen LogP contribution in [0.2, 0.25) is 0 Å². The summed E-state index contributed by atoms with van der Waals surface area (Å²) >= 11 is 0. The molecule has 2 amide bonds. The van der Waals surface area contributed by atoms with Gasteiger partial charge in [-0.15, -0.1) is 0 Å². The Morgan fingerprint density at radius 3 is 2.63 bits per heavy atom. The highest BCUT2D eigenvalue weighted by atomic mass is 32.2. The molecule has 0 saturated carbocycles. The smallest absolute Gasteiger partial charge is 0.270 e. The summed E-state index contributed by atoms with van der Waals surface area (Å²) in [7, 11) is -3.17. The SMILES string of the molecule is O=C1CCC(C(=O)N(Cc2ccco2)[C@H]2CCS(=O)(=O)C2)=NN1Cc1ccccc1. The summed E-state index contributed by atoms with van der Waals surface area (Å²) in [5, 5.41) is 5.67. The highest BCUT2D eigenvalue weighted by Crippen LogP contribution is 2.23. The summed E-state index contributed by atoms with van der Waals surface area (Å²) in [5.74, 6) is 0.0705. The Morgan fingerprint density at radius 1 is 1.17 bits per heavy atom. The number of hydrazone groups is 1. The number of carbonyl (C=O) groups is 2. The van der Waals surface area contributed by atoms with Crippen molar-refractivity contribution in [1.82, 2.24) is 9.91 Å². The summed E-state index contributed by atoms with van der Waals surface area (Å²) in [5.41, 5.74) is 1.18. The van der Waals surface area contributed by atoms with Gasteiger partial charge in [-0.2, -0.15) is 5.10 Å². The van der Waals surface area contributed by atoms with E-state index in [1.807, 2.05) is 30.3 Å². The van der Waals surface area contributed by atoms with Crippen LogP contribution >= 0.6 is 0 Å². The normalized spacial score (nSPS) is 20.8. The molecular weight excluding hydrogens is 406 g/mol. The van der Waals surface area contributed by atoms with Crippen LogP contribution in [-0.2, 0) is 32.5 Å². The van der Waals surface area contributed by atoms with Gasteiger partial charge in [-0.1, -0.05) is 30.3 Å². The largest absolute Gasteiger partial charge is 0.467 e. The number of benzene rings is 1. The summed E-state index contributed by atoms with van der Waals surface area (Å²) in [6.45, 7) is 0.449. The van der Waals surface area contributed by atoms with Crippen molar-refractivity contribution in [3.8, 4) is 0 Å². The first-order valence-corrected chi connectivity index (χ1v) is 11.7. The third-order valence-corrected chi connectivity index (χ3v) is 7.09. The number of carbonyl (C=O) groups excluding carboxylic acids is 2. The van der Waals surface area contributed by atoms with Crippen molar-refractivity contribution >= 4 is 27.4 Å². The highest BCUT2D eigenvalue weighted by molar-refractivity contribution is 7.91. The number of furan rings is 1. The molecule has 0 radical (unpaired) electrons. The van der Waals surface area contributed by atoms with Crippen LogP contribution in [0.4, 0.5) is 0 Å². The van der Waals surface area contributed by atoms with Gasteiger partial charge < -0.3 is 9.32 Å². The van der Waals surface area contributed by atoms with Crippen molar-refractivity contribution in [3.05, 3.63) is 60.1 Å². The van der Waals surface area contributed by atoms with Gasteiger partial charge >= 0.3 is 0 Å². The molecule has 2 aliphatic rings. The molecule has 1 fully saturated rings. The Hall–Kier alpha value is -2.94. The van der Waals surface area contributed by atoms with E-state index in [0.29, 0.717) is 12.2 Å². The van der Waals surface area contributed by atoms with Gasteiger partial charge in [-0.3, -0.25) is 9.59 Å². The number of hydrogen-bond donors (Lipinski definition) is 0. The minimum atomic E-state index is -3.17. The fraction of sp³-hybridized carbons (Fsp3) is 0.381. The van der Waals surface area contributed by atoms with Crippen molar-refractivity contribution in [2.75, 3.05) is 11.5 Å². The van der Waals surface area contributed by atoms with Gasteiger partial charge in [0, 0.05) is 18.9 Å². The van der Waals surface area contributed by atoms with Crippen molar-refractivity contribution < 1.29 is 22.4 Å². The van der Waals surface area contributed by atoms with E-state index < -0.39 is 15.9 Å². The lowest BCUT2D eigenvalue weighted by molar-refractivity contribution is -0.133. The van der Waals surface area contributed by atoms with Gasteiger partial charge in [-0.05, 0) is 24.1 Å². The lowest BCUT2D eigenvalue weighted by Crippen LogP contribution is -2.46. The average molecular weight is 429 g/mol. The molecule has 2 aliphatic heterocycles. The molecule has 1 aromatic carbocycles. The van der Waals surface area contributed by atoms with Crippen LogP contribution in [0, 0.1) is 0 Å². The Balaban J connectivity index is 1.57. The lowest BCUT2D eigenvalue weighted by atomic mass is 10.1. The molecule has 8 nitrogen and oxygen atoms in total. The van der Waals surface area contributed by atoms with E-state index in [9.17, 15) is 18.0 Å². The van der Waals surface area contributed by atoms with Crippen molar-refractivity contribution in [2.24, 2.45) is 5.10 Å². The van der Waals surface area contributed by atoms with Crippen LogP contribution in [0.3, 0.4) is 0 Å². The number of amides is 2. The molecule has 0 aliphatic carbocycles. The van der Waals surface area contributed by atoms with Crippen molar-refractivity contribution in [3.63, 3.8) is 0 Å². The Bertz CT molecular complexity index is 1050. The summed E-state index contributed by atoms with van der Waals surface area (Å²) in [6.07, 6.45) is 2.32. The molecule has 2 aromatic rings. The monoisotopic (exact) mass is 429 g/mol. The van der Waals surface area contributed by atoms with Crippen LogP contribution in [-0.4, -0.2) is 53.4 Å². The molecule has 1 aromatic heterocycles. The summed E-state index contributed by atoms with van der Waals surface area (Å²) in [4.78, 5) is 27.2. The maximum atomic E-state index is 13.3. The summed E-state index contributed by atoms with van der Waals surface area (Å²) in [6, 6.07) is 12.5. The standard InChI is InChI=1S/C21H23N3O5S/c25-20-9-8-19(22-24(20)13-16-5-2-1-3-6-16)21(26)23(14-18-7-4-11-29-18)17-10-12-30(27,28)15-17/h1-7,11,17H,8-10,12-15H2/t17-/m0/s1. The average Bonchev–Trinajstić information content (AvgIpc) is 3.37. The van der Waals surface area contributed by atoms with Crippen LogP contribution in [0.15, 0.2) is 58.2 Å². The summed E-state index contributed by atoms with van der Waals surface area (Å²) < 4.78 is 29.4. The zero-order valence-corrected chi connectivity index (χ0v) is 17.3. The second-order valence-electron chi connectivity index (χ2n) is 7.55. The molecule has 1 saturated heterocycles. The Morgan fingerprint density at radius 2 is 1.97 bits per heavy atom. The number of sulfone groups is 1. The molecule has 0 bridgehead atoms. The maximum Gasteiger partial charge on any atom is 0.270 e. The molecule has 0 N–H and O–H groups in total. The third kappa shape index (κ3) is 4.62. The van der Waals surface area contributed by atoms with E-state index in [2.05, 4.69) is 5.10 Å². The minimum absolute atomic E-state index is 0.0602. The minimum Gasteiger partial charge on any atom is -0.467 e. The molecule has 4 rings (SSSR count). The predicted octanol–water partition coefficient (Wildman–Crippen LogP) is 1.97. The molecule has 0 unspecified atom stereocenters. The van der Waals surface area contributed by atoms with Crippen LogP contribution in [0.5, 0.6) is 0 Å². The van der Waals surface area contributed by atoms with Gasteiger partial charge in [0.15, 0.2) is 9.84 Å². The van der Waals surface area contributed by atoms with E-state index in [0.717, 1.165) is 5.56 Å². The fourth-order valence-electron chi connectivity index (χ4n) is 3.76. The van der Waals surface area contributed by atoms with Crippen LogP contribution < -0.4 is 0 Å². The molecule has 1 atom stereocenters. The topological polar surface area (TPSA) is 100 Å². The van der Waals surface area contributed by atoms with Gasteiger partial charge in [0.2, 0.25) is 5.91 Å².